The largest absolute Gasteiger partial charge is 0.371 e. The van der Waals surface area contributed by atoms with Crippen molar-refractivity contribution in [3.8, 4) is 0 Å². The Bertz CT molecular complexity index is 1170. The van der Waals surface area contributed by atoms with Gasteiger partial charge in [-0.1, -0.05) is 24.3 Å². The smallest absolute Gasteiger partial charge is 0.338 e. The van der Waals surface area contributed by atoms with Crippen LogP contribution in [0, 0.1) is 0 Å². The first-order valence-electron chi connectivity index (χ1n) is 10.6. The van der Waals surface area contributed by atoms with Gasteiger partial charge in [0.15, 0.2) is 5.79 Å². The van der Waals surface area contributed by atoms with Crippen LogP contribution >= 0.6 is 0 Å². The molecule has 0 saturated carbocycles. The highest BCUT2D eigenvalue weighted by Gasteiger charge is 2.51. The van der Waals surface area contributed by atoms with E-state index in [9.17, 15) is 14.4 Å². The standard InChI is InChI=1S/C24H28N2O6/c1-23(2,3)30-14-16-13-17(20-19(16)31-24(4,5)32-20)25-12-11-18(27)26(22(25)29)21(28)15-9-7-6-8-10-15/h6-13,17,19-20H,14H2,1-5H3/t17?,19?,20-/m1/s1. The number of fused-ring (bicyclic) bond motifs is 1. The Labute approximate surface area is 186 Å². The van der Waals surface area contributed by atoms with Crippen LogP contribution in [0.3, 0.4) is 0 Å². The Balaban J connectivity index is 1.75. The molecular weight excluding hydrogens is 412 g/mol. The second-order valence-electron chi connectivity index (χ2n) is 9.50. The van der Waals surface area contributed by atoms with Crippen molar-refractivity contribution in [2.45, 2.75) is 64.3 Å². The molecule has 1 fully saturated rings. The summed E-state index contributed by atoms with van der Waals surface area (Å²) in [4.78, 5) is 38.7. The molecule has 1 saturated heterocycles. The highest BCUT2D eigenvalue weighted by molar-refractivity contribution is 5.95. The summed E-state index contributed by atoms with van der Waals surface area (Å²) in [6.45, 7) is 9.83. The highest BCUT2D eigenvalue weighted by Crippen LogP contribution is 2.43. The predicted molar refractivity (Wildman–Crippen MR) is 118 cm³/mol. The molecule has 1 aliphatic heterocycles. The lowest BCUT2D eigenvalue weighted by atomic mass is 10.1. The summed E-state index contributed by atoms with van der Waals surface area (Å²) in [6.07, 6.45) is 2.40. The van der Waals surface area contributed by atoms with Gasteiger partial charge in [-0.05, 0) is 52.3 Å². The third-order valence-electron chi connectivity index (χ3n) is 5.44. The molecule has 1 aromatic carbocycles. The monoisotopic (exact) mass is 440 g/mol. The fourth-order valence-electron chi connectivity index (χ4n) is 4.02. The third kappa shape index (κ3) is 4.26. The van der Waals surface area contributed by atoms with Crippen molar-refractivity contribution in [3.63, 3.8) is 0 Å². The van der Waals surface area contributed by atoms with Gasteiger partial charge in [0, 0.05) is 17.8 Å². The van der Waals surface area contributed by atoms with Crippen LogP contribution < -0.4 is 11.2 Å². The number of nitrogens with zero attached hydrogens (tertiary/aromatic N) is 2. The average Bonchev–Trinajstić information content (AvgIpc) is 3.20. The zero-order chi connectivity index (χ0) is 23.3. The molecule has 2 aliphatic rings. The molecule has 3 atom stereocenters. The molecule has 0 amide bonds. The van der Waals surface area contributed by atoms with Crippen molar-refractivity contribution in [1.82, 2.24) is 9.13 Å². The second-order valence-corrected chi connectivity index (χ2v) is 9.50. The summed E-state index contributed by atoms with van der Waals surface area (Å²) in [5.41, 5.74) is -0.642. The molecule has 8 heteroatoms. The van der Waals surface area contributed by atoms with Crippen LogP contribution in [0.1, 0.15) is 51.0 Å². The summed E-state index contributed by atoms with van der Waals surface area (Å²) in [5.74, 6) is -1.51. The maximum atomic E-state index is 13.3. The van der Waals surface area contributed by atoms with Crippen molar-refractivity contribution in [2.24, 2.45) is 0 Å². The van der Waals surface area contributed by atoms with Gasteiger partial charge in [0.2, 0.25) is 0 Å². The second kappa shape index (κ2) is 7.95. The maximum absolute atomic E-state index is 13.3. The van der Waals surface area contributed by atoms with Crippen LogP contribution in [0.15, 0.2) is 63.8 Å². The quantitative estimate of drug-likeness (QED) is 0.679. The Morgan fingerprint density at radius 1 is 1.09 bits per heavy atom. The number of carbonyl (C=O) groups excluding carboxylic acids is 1. The summed E-state index contributed by atoms with van der Waals surface area (Å²) in [6, 6.07) is 8.91. The van der Waals surface area contributed by atoms with Gasteiger partial charge in [-0.25, -0.2) is 4.79 Å². The SMILES string of the molecule is CC(C)(C)OCC1=CC(n2ccc(=O)n(C(=O)c3ccccc3)c2=O)[C@H]2OC(C)(C)OC12. The van der Waals surface area contributed by atoms with E-state index >= 15 is 0 Å². The van der Waals surface area contributed by atoms with Gasteiger partial charge in [0.05, 0.1) is 18.2 Å². The molecule has 1 aromatic heterocycles. The van der Waals surface area contributed by atoms with E-state index in [1.54, 1.807) is 30.3 Å². The van der Waals surface area contributed by atoms with Gasteiger partial charge in [0.1, 0.15) is 12.2 Å². The number of ether oxygens (including phenoxy) is 3. The first kappa shape index (κ1) is 22.4. The molecule has 4 rings (SSSR count). The minimum Gasteiger partial charge on any atom is -0.371 e. The van der Waals surface area contributed by atoms with Gasteiger partial charge in [-0.3, -0.25) is 14.2 Å². The van der Waals surface area contributed by atoms with Crippen LogP contribution in [0.2, 0.25) is 0 Å². The van der Waals surface area contributed by atoms with Crippen molar-refractivity contribution in [1.29, 1.82) is 0 Å². The zero-order valence-electron chi connectivity index (χ0n) is 18.9. The normalized spacial score (nSPS) is 24.3. The minimum atomic E-state index is -0.841. The van der Waals surface area contributed by atoms with E-state index in [-0.39, 0.29) is 11.2 Å². The van der Waals surface area contributed by atoms with E-state index in [1.165, 1.54) is 16.8 Å². The number of hydrogen-bond acceptors (Lipinski definition) is 6. The zero-order valence-corrected chi connectivity index (χ0v) is 18.9. The fraction of sp³-hybridized carbons (Fsp3) is 0.458. The van der Waals surface area contributed by atoms with E-state index in [1.807, 2.05) is 40.7 Å². The molecule has 0 bridgehead atoms. The lowest BCUT2D eigenvalue weighted by molar-refractivity contribution is -0.148. The van der Waals surface area contributed by atoms with Crippen LogP contribution in [0.5, 0.6) is 0 Å². The van der Waals surface area contributed by atoms with Gasteiger partial charge in [-0.2, -0.15) is 4.57 Å². The summed E-state index contributed by atoms with van der Waals surface area (Å²) in [5, 5.41) is 0. The lowest BCUT2D eigenvalue weighted by Crippen LogP contribution is -2.45. The molecule has 170 valence electrons. The Morgan fingerprint density at radius 2 is 1.78 bits per heavy atom. The summed E-state index contributed by atoms with van der Waals surface area (Å²) in [7, 11) is 0. The van der Waals surface area contributed by atoms with Gasteiger partial charge in [-0.15, -0.1) is 0 Å². The van der Waals surface area contributed by atoms with Crippen LogP contribution in [-0.4, -0.2) is 45.2 Å². The molecule has 2 heterocycles. The topological polar surface area (TPSA) is 88.8 Å². The van der Waals surface area contributed by atoms with Crippen molar-refractivity contribution in [3.05, 3.63) is 80.6 Å². The van der Waals surface area contributed by atoms with Crippen LogP contribution in [0.25, 0.3) is 0 Å². The van der Waals surface area contributed by atoms with Crippen molar-refractivity contribution in [2.75, 3.05) is 6.61 Å². The van der Waals surface area contributed by atoms with E-state index in [0.29, 0.717) is 11.2 Å². The maximum Gasteiger partial charge on any atom is 0.338 e. The van der Waals surface area contributed by atoms with Crippen molar-refractivity contribution < 1.29 is 19.0 Å². The predicted octanol–water partition coefficient (Wildman–Crippen LogP) is 2.51. The lowest BCUT2D eigenvalue weighted by Gasteiger charge is -2.23. The number of carbonyl (C=O) groups is 1. The molecule has 2 unspecified atom stereocenters. The number of aromatic nitrogens is 2. The average molecular weight is 440 g/mol. The number of hydrogen-bond donors (Lipinski definition) is 0. The highest BCUT2D eigenvalue weighted by atomic mass is 16.8. The minimum absolute atomic E-state index is 0.255. The van der Waals surface area contributed by atoms with Crippen LogP contribution in [0.4, 0.5) is 0 Å². The number of benzene rings is 1. The Hall–Kier alpha value is -2.81. The summed E-state index contributed by atoms with van der Waals surface area (Å²) < 4.78 is 20.2. The molecule has 0 spiro atoms. The van der Waals surface area contributed by atoms with E-state index in [4.69, 9.17) is 14.2 Å². The first-order chi connectivity index (χ1) is 15.0. The molecule has 32 heavy (non-hydrogen) atoms. The van der Waals surface area contributed by atoms with Gasteiger partial charge < -0.3 is 14.2 Å². The van der Waals surface area contributed by atoms with E-state index < -0.39 is 41.2 Å². The molecule has 0 N–H and O–H groups in total. The number of rotatable bonds is 4. The Kier molecular flexibility index (Phi) is 5.56. The van der Waals surface area contributed by atoms with E-state index in [2.05, 4.69) is 0 Å². The summed E-state index contributed by atoms with van der Waals surface area (Å²) >= 11 is 0. The molecule has 0 radical (unpaired) electrons. The van der Waals surface area contributed by atoms with Crippen LogP contribution in [-0.2, 0) is 14.2 Å². The Morgan fingerprint density at radius 3 is 2.44 bits per heavy atom. The molecule has 2 aromatic rings. The van der Waals surface area contributed by atoms with Gasteiger partial charge in [0.25, 0.3) is 11.5 Å². The van der Waals surface area contributed by atoms with E-state index in [0.717, 1.165) is 5.57 Å². The molecule has 8 nitrogen and oxygen atoms in total. The molecular formula is C24H28N2O6. The first-order valence-corrected chi connectivity index (χ1v) is 10.6. The van der Waals surface area contributed by atoms with Crippen molar-refractivity contribution >= 4 is 5.91 Å². The fourth-order valence-corrected chi connectivity index (χ4v) is 4.02. The molecule has 1 aliphatic carbocycles. The van der Waals surface area contributed by atoms with Gasteiger partial charge >= 0.3 is 5.69 Å². The third-order valence-corrected chi connectivity index (χ3v) is 5.44.